The van der Waals surface area contributed by atoms with Crippen LogP contribution in [0.4, 0.5) is 9.59 Å². The first-order valence-electron chi connectivity index (χ1n) is 7.51. The molecular formula is C15H30N2O5. The third kappa shape index (κ3) is 13.5. The Morgan fingerprint density at radius 1 is 0.864 bits per heavy atom. The van der Waals surface area contributed by atoms with Gasteiger partial charge in [-0.1, -0.05) is 0 Å². The Hall–Kier alpha value is -1.50. The minimum atomic E-state index is -0.620. The SMILES string of the molecule is CC(C)(C)OC(=O)NCCC(O)CCNC(=O)OC(C)(C)C. The first kappa shape index (κ1) is 20.5. The van der Waals surface area contributed by atoms with Gasteiger partial charge in [-0.15, -0.1) is 0 Å². The zero-order valence-electron chi connectivity index (χ0n) is 14.5. The number of nitrogens with one attached hydrogen (secondary N) is 2. The van der Waals surface area contributed by atoms with Crippen LogP contribution in [0.2, 0.25) is 0 Å². The van der Waals surface area contributed by atoms with Crippen molar-refractivity contribution in [2.45, 2.75) is 71.7 Å². The van der Waals surface area contributed by atoms with E-state index in [4.69, 9.17) is 9.47 Å². The number of rotatable bonds is 6. The molecule has 0 heterocycles. The zero-order valence-corrected chi connectivity index (χ0v) is 14.5. The fraction of sp³-hybridized carbons (Fsp3) is 0.867. The molecule has 22 heavy (non-hydrogen) atoms. The highest BCUT2D eigenvalue weighted by Gasteiger charge is 2.17. The number of hydrogen-bond acceptors (Lipinski definition) is 5. The molecule has 0 aromatic rings. The van der Waals surface area contributed by atoms with Crippen LogP contribution in [0.5, 0.6) is 0 Å². The number of amides is 2. The zero-order chi connectivity index (χ0) is 17.4. The highest BCUT2D eigenvalue weighted by molar-refractivity contribution is 5.67. The van der Waals surface area contributed by atoms with E-state index in [1.807, 2.05) is 0 Å². The highest BCUT2D eigenvalue weighted by Crippen LogP contribution is 2.07. The van der Waals surface area contributed by atoms with Gasteiger partial charge < -0.3 is 25.2 Å². The third-order valence-corrected chi connectivity index (χ3v) is 2.29. The lowest BCUT2D eigenvalue weighted by Gasteiger charge is -2.20. The average Bonchev–Trinajstić information content (AvgIpc) is 2.23. The summed E-state index contributed by atoms with van der Waals surface area (Å²) in [7, 11) is 0. The van der Waals surface area contributed by atoms with Crippen molar-refractivity contribution in [2.24, 2.45) is 0 Å². The molecule has 0 saturated carbocycles. The molecule has 0 aromatic heterocycles. The van der Waals surface area contributed by atoms with Crippen LogP contribution in [-0.2, 0) is 9.47 Å². The topological polar surface area (TPSA) is 96.9 Å². The van der Waals surface area contributed by atoms with Crippen molar-refractivity contribution < 1.29 is 24.2 Å². The summed E-state index contributed by atoms with van der Waals surface area (Å²) in [6, 6.07) is 0. The molecule has 3 N–H and O–H groups in total. The Kier molecular flexibility index (Phi) is 8.22. The Morgan fingerprint density at radius 3 is 1.45 bits per heavy atom. The summed E-state index contributed by atoms with van der Waals surface area (Å²) in [6.07, 6.45) is -0.868. The smallest absolute Gasteiger partial charge is 0.407 e. The monoisotopic (exact) mass is 318 g/mol. The summed E-state index contributed by atoms with van der Waals surface area (Å²) >= 11 is 0. The van der Waals surface area contributed by atoms with E-state index in [0.29, 0.717) is 25.9 Å². The molecule has 2 amide bonds. The minimum Gasteiger partial charge on any atom is -0.444 e. The normalized spacial score (nSPS) is 12.0. The van der Waals surface area contributed by atoms with Crippen LogP contribution in [0.1, 0.15) is 54.4 Å². The van der Waals surface area contributed by atoms with Gasteiger partial charge in [-0.05, 0) is 54.4 Å². The van der Waals surface area contributed by atoms with Crippen molar-refractivity contribution in [3.05, 3.63) is 0 Å². The molecular weight excluding hydrogens is 288 g/mol. The van der Waals surface area contributed by atoms with E-state index in [9.17, 15) is 14.7 Å². The highest BCUT2D eigenvalue weighted by atomic mass is 16.6. The van der Waals surface area contributed by atoms with Crippen molar-refractivity contribution >= 4 is 12.2 Å². The van der Waals surface area contributed by atoms with E-state index in [1.165, 1.54) is 0 Å². The van der Waals surface area contributed by atoms with E-state index >= 15 is 0 Å². The van der Waals surface area contributed by atoms with Gasteiger partial charge >= 0.3 is 12.2 Å². The molecule has 130 valence electrons. The van der Waals surface area contributed by atoms with E-state index in [2.05, 4.69) is 10.6 Å². The summed E-state index contributed by atoms with van der Waals surface area (Å²) in [5, 5.41) is 14.9. The van der Waals surface area contributed by atoms with Gasteiger partial charge in [0.05, 0.1) is 6.10 Å². The van der Waals surface area contributed by atoms with Gasteiger partial charge in [0.2, 0.25) is 0 Å². The maximum Gasteiger partial charge on any atom is 0.407 e. The second kappa shape index (κ2) is 8.82. The number of aliphatic hydroxyl groups is 1. The number of carbonyl (C=O) groups excluding carboxylic acids is 2. The summed E-state index contributed by atoms with van der Waals surface area (Å²) in [6.45, 7) is 11.3. The molecule has 0 unspecified atom stereocenters. The number of carbonyl (C=O) groups is 2. The number of ether oxygens (including phenoxy) is 2. The molecule has 0 radical (unpaired) electrons. The maximum absolute atomic E-state index is 11.4. The van der Waals surface area contributed by atoms with E-state index < -0.39 is 29.5 Å². The van der Waals surface area contributed by atoms with Crippen LogP contribution < -0.4 is 10.6 Å². The molecule has 0 aliphatic carbocycles. The Labute approximate surface area is 132 Å². The molecule has 0 saturated heterocycles. The summed E-state index contributed by atoms with van der Waals surface area (Å²) in [4.78, 5) is 22.8. The largest absolute Gasteiger partial charge is 0.444 e. The number of alkyl carbamates (subject to hydrolysis) is 2. The minimum absolute atomic E-state index is 0.308. The van der Waals surface area contributed by atoms with Gasteiger partial charge in [0.25, 0.3) is 0 Å². The molecule has 7 nitrogen and oxygen atoms in total. The second-order valence-electron chi connectivity index (χ2n) is 7.09. The van der Waals surface area contributed by atoms with Gasteiger partial charge in [0, 0.05) is 13.1 Å². The quantitative estimate of drug-likeness (QED) is 0.697. The van der Waals surface area contributed by atoms with Gasteiger partial charge in [-0.2, -0.15) is 0 Å². The second-order valence-corrected chi connectivity index (χ2v) is 7.09. The fourth-order valence-electron chi connectivity index (χ4n) is 1.45. The molecule has 0 atom stereocenters. The van der Waals surface area contributed by atoms with Crippen LogP contribution >= 0.6 is 0 Å². The van der Waals surface area contributed by atoms with Gasteiger partial charge in [-0.3, -0.25) is 0 Å². The van der Waals surface area contributed by atoms with Crippen molar-refractivity contribution in [1.82, 2.24) is 10.6 Å². The first-order valence-corrected chi connectivity index (χ1v) is 7.51. The lowest BCUT2D eigenvalue weighted by Crippen LogP contribution is -2.35. The molecule has 0 bridgehead atoms. The van der Waals surface area contributed by atoms with E-state index in [-0.39, 0.29) is 0 Å². The van der Waals surface area contributed by atoms with Crippen LogP contribution in [0.15, 0.2) is 0 Å². The molecule has 0 aromatic carbocycles. The molecule has 0 rings (SSSR count). The molecule has 0 fully saturated rings. The van der Waals surface area contributed by atoms with Gasteiger partial charge in [0.1, 0.15) is 11.2 Å². The Morgan fingerprint density at radius 2 is 1.18 bits per heavy atom. The number of hydrogen-bond donors (Lipinski definition) is 3. The molecule has 0 aliphatic heterocycles. The summed E-state index contributed by atoms with van der Waals surface area (Å²) in [5.74, 6) is 0. The molecule has 0 aliphatic rings. The Balaban J connectivity index is 3.73. The van der Waals surface area contributed by atoms with Crippen molar-refractivity contribution in [2.75, 3.05) is 13.1 Å². The van der Waals surface area contributed by atoms with Crippen LogP contribution in [0, 0.1) is 0 Å². The van der Waals surface area contributed by atoms with Crippen LogP contribution in [0.3, 0.4) is 0 Å². The van der Waals surface area contributed by atoms with E-state index in [0.717, 1.165) is 0 Å². The standard InChI is InChI=1S/C15H30N2O5/c1-14(2,3)21-12(19)16-9-7-11(18)8-10-17-13(20)22-15(4,5)6/h11,18H,7-10H2,1-6H3,(H,16,19)(H,17,20). The predicted molar refractivity (Wildman–Crippen MR) is 83.7 cm³/mol. The average molecular weight is 318 g/mol. The fourth-order valence-corrected chi connectivity index (χ4v) is 1.45. The van der Waals surface area contributed by atoms with Crippen molar-refractivity contribution in [3.63, 3.8) is 0 Å². The number of aliphatic hydroxyl groups excluding tert-OH is 1. The molecule has 7 heteroatoms. The lowest BCUT2D eigenvalue weighted by atomic mass is 10.2. The molecule has 0 spiro atoms. The Bertz CT molecular complexity index is 324. The first-order chi connectivity index (χ1) is 9.89. The predicted octanol–water partition coefficient (Wildman–Crippen LogP) is 2.18. The van der Waals surface area contributed by atoms with Crippen LogP contribution in [-0.4, -0.2) is 47.7 Å². The summed E-state index contributed by atoms with van der Waals surface area (Å²) in [5.41, 5.74) is -1.08. The van der Waals surface area contributed by atoms with Crippen molar-refractivity contribution in [3.8, 4) is 0 Å². The third-order valence-electron chi connectivity index (χ3n) is 2.29. The van der Waals surface area contributed by atoms with Gasteiger partial charge in [0.15, 0.2) is 0 Å². The maximum atomic E-state index is 11.4. The van der Waals surface area contributed by atoms with E-state index in [1.54, 1.807) is 41.5 Å². The van der Waals surface area contributed by atoms with Crippen LogP contribution in [0.25, 0.3) is 0 Å². The summed E-state index contributed by atoms with van der Waals surface area (Å²) < 4.78 is 10.1. The van der Waals surface area contributed by atoms with Crippen molar-refractivity contribution in [1.29, 1.82) is 0 Å². The van der Waals surface area contributed by atoms with Gasteiger partial charge in [-0.25, -0.2) is 9.59 Å². The lowest BCUT2D eigenvalue weighted by molar-refractivity contribution is 0.0516.